The normalized spacial score (nSPS) is 19.3. The van der Waals surface area contributed by atoms with Crippen LogP contribution < -0.4 is 19.5 Å². The van der Waals surface area contributed by atoms with Crippen LogP contribution in [0.4, 0.5) is 0 Å². The van der Waals surface area contributed by atoms with Gasteiger partial charge in [-0.05, 0) is 18.1 Å². The number of furan rings is 1. The van der Waals surface area contributed by atoms with Gasteiger partial charge in [0.15, 0.2) is 5.75 Å². The highest BCUT2D eigenvalue weighted by molar-refractivity contribution is 6.36. The summed E-state index contributed by atoms with van der Waals surface area (Å²) in [6.07, 6.45) is 0.799. The number of hydrogen-bond acceptors (Lipinski definition) is 8. The summed E-state index contributed by atoms with van der Waals surface area (Å²) in [5.74, 6) is -0.201. The van der Waals surface area contributed by atoms with Gasteiger partial charge in [-0.1, -0.05) is 81.3 Å². The van der Waals surface area contributed by atoms with Crippen molar-refractivity contribution in [2.75, 3.05) is 14.2 Å². The SMILES string of the molecule is CC[C@H](C)[C@H](NC(=O)Cc1c(-c2ccccc2)oc2c1C(=O)[C@@]1(Oc3c(Cl)c(OC)cc(OC)c3C1=O)[C@H](C)C2)c1nc2ccccc2[nH]1. The fourth-order valence-electron chi connectivity index (χ4n) is 7.04. The molecule has 2 aliphatic rings. The summed E-state index contributed by atoms with van der Waals surface area (Å²) in [5.41, 5.74) is 1.04. The second kappa shape index (κ2) is 12.4. The van der Waals surface area contributed by atoms with E-state index in [1.807, 2.05) is 54.6 Å². The molecule has 7 rings (SSSR count). The number of ketones is 2. The molecule has 0 bridgehead atoms. The van der Waals surface area contributed by atoms with Crippen LogP contribution in [0.3, 0.4) is 0 Å². The Morgan fingerprint density at radius 2 is 1.76 bits per heavy atom. The van der Waals surface area contributed by atoms with E-state index in [2.05, 4.69) is 24.1 Å². The van der Waals surface area contributed by atoms with Crippen molar-refractivity contribution in [2.45, 2.75) is 51.7 Å². The maximum absolute atomic E-state index is 14.9. The number of imidazole rings is 1. The minimum atomic E-state index is -1.95. The topological polar surface area (TPSA) is 133 Å². The standard InChI is InChI=1S/C38H36ClN3O7/c1-6-19(2)32(37-40-23-14-10-11-15-24(23)41-37)42-28(43)17-22-29-26(48-33(22)21-12-8-7-9-13-21)16-20(3)38(35(29)44)36(45)30-25(46-4)18-27(47-5)31(39)34(30)49-38/h7-15,18-20,32H,6,16-17H2,1-5H3,(H,40,41)(H,42,43)/t19-,20+,32-,38-/m0/s1. The number of fused-ring (bicyclic) bond motifs is 3. The first-order valence-electron chi connectivity index (χ1n) is 16.3. The molecule has 11 heteroatoms. The van der Waals surface area contributed by atoms with Crippen molar-refractivity contribution in [1.29, 1.82) is 0 Å². The van der Waals surface area contributed by atoms with E-state index >= 15 is 0 Å². The van der Waals surface area contributed by atoms with E-state index in [9.17, 15) is 14.4 Å². The van der Waals surface area contributed by atoms with Crippen LogP contribution in [0.15, 0.2) is 65.1 Å². The van der Waals surface area contributed by atoms with Gasteiger partial charge < -0.3 is 28.9 Å². The molecule has 4 atom stereocenters. The van der Waals surface area contributed by atoms with Crippen molar-refractivity contribution in [3.8, 4) is 28.6 Å². The van der Waals surface area contributed by atoms with E-state index in [1.54, 1.807) is 6.92 Å². The zero-order valence-electron chi connectivity index (χ0n) is 27.8. The summed E-state index contributed by atoms with van der Waals surface area (Å²) in [4.78, 5) is 51.5. The molecule has 1 aliphatic carbocycles. The average Bonchev–Trinajstić information content (AvgIpc) is 3.79. The van der Waals surface area contributed by atoms with Crippen LogP contribution in [0.2, 0.25) is 5.02 Å². The largest absolute Gasteiger partial charge is 0.496 e. The number of benzene rings is 3. The summed E-state index contributed by atoms with van der Waals surface area (Å²) in [7, 11) is 2.86. The number of aromatic amines is 1. The van der Waals surface area contributed by atoms with Gasteiger partial charge in [-0.2, -0.15) is 0 Å². The van der Waals surface area contributed by atoms with Gasteiger partial charge in [0.1, 0.15) is 39.4 Å². The van der Waals surface area contributed by atoms with E-state index in [0.717, 1.165) is 17.5 Å². The van der Waals surface area contributed by atoms with Crippen LogP contribution in [-0.4, -0.2) is 47.3 Å². The summed E-state index contributed by atoms with van der Waals surface area (Å²) < 4.78 is 23.7. The number of carbonyl (C=O) groups is 3. The van der Waals surface area contributed by atoms with Crippen LogP contribution in [0.5, 0.6) is 17.2 Å². The molecule has 0 saturated carbocycles. The summed E-state index contributed by atoms with van der Waals surface area (Å²) in [6.45, 7) is 5.87. The molecule has 2 aromatic heterocycles. The molecule has 5 aromatic rings. The van der Waals surface area contributed by atoms with Gasteiger partial charge in [-0.15, -0.1) is 0 Å². The van der Waals surface area contributed by atoms with Crippen molar-refractivity contribution in [2.24, 2.45) is 11.8 Å². The number of Topliss-reactive ketones (excluding diaryl/α,β-unsaturated/α-hetero) is 2. The third-order valence-electron chi connectivity index (χ3n) is 9.85. The summed E-state index contributed by atoms with van der Waals surface area (Å²) >= 11 is 6.64. The van der Waals surface area contributed by atoms with E-state index in [-0.39, 0.29) is 58.1 Å². The number of methoxy groups -OCH3 is 2. The first kappa shape index (κ1) is 32.5. The quantitative estimate of drug-likeness (QED) is 0.155. The van der Waals surface area contributed by atoms with Gasteiger partial charge in [0.25, 0.3) is 0 Å². The Morgan fingerprint density at radius 1 is 1.06 bits per heavy atom. The van der Waals surface area contributed by atoms with Gasteiger partial charge in [0.05, 0.1) is 43.3 Å². The monoisotopic (exact) mass is 681 g/mol. The van der Waals surface area contributed by atoms with Gasteiger partial charge in [0, 0.05) is 29.5 Å². The average molecular weight is 682 g/mol. The number of amides is 1. The Bertz CT molecular complexity index is 2090. The Balaban J connectivity index is 1.30. The number of ether oxygens (including phenoxy) is 3. The third-order valence-corrected chi connectivity index (χ3v) is 10.2. The minimum absolute atomic E-state index is 0.0276. The molecule has 3 aromatic carbocycles. The van der Waals surface area contributed by atoms with Crippen LogP contribution in [0.25, 0.3) is 22.4 Å². The molecular weight excluding hydrogens is 646 g/mol. The minimum Gasteiger partial charge on any atom is -0.496 e. The molecule has 0 fully saturated rings. The first-order valence-corrected chi connectivity index (χ1v) is 16.7. The lowest BCUT2D eigenvalue weighted by atomic mass is 9.70. The first-order chi connectivity index (χ1) is 23.6. The number of para-hydroxylation sites is 2. The van der Waals surface area contributed by atoms with Crippen molar-refractivity contribution in [3.05, 3.63) is 94.0 Å². The second-order valence-corrected chi connectivity index (χ2v) is 13.1. The maximum Gasteiger partial charge on any atom is 0.237 e. The number of hydrogen-bond donors (Lipinski definition) is 2. The number of rotatable bonds is 9. The molecular formula is C38H36ClN3O7. The van der Waals surface area contributed by atoms with Crippen LogP contribution in [0.1, 0.15) is 71.1 Å². The van der Waals surface area contributed by atoms with Crippen molar-refractivity contribution >= 4 is 40.1 Å². The molecule has 252 valence electrons. The molecule has 1 aliphatic heterocycles. The molecule has 10 nitrogen and oxygen atoms in total. The zero-order valence-corrected chi connectivity index (χ0v) is 28.6. The van der Waals surface area contributed by atoms with Crippen molar-refractivity contribution in [1.82, 2.24) is 15.3 Å². The fourth-order valence-corrected chi connectivity index (χ4v) is 7.31. The fraction of sp³-hybridized carbons (Fsp3) is 0.316. The van der Waals surface area contributed by atoms with Gasteiger partial charge in [0.2, 0.25) is 23.1 Å². The predicted molar refractivity (Wildman–Crippen MR) is 184 cm³/mol. The highest BCUT2D eigenvalue weighted by atomic mass is 35.5. The number of nitrogens with zero attached hydrogens (tertiary/aromatic N) is 1. The van der Waals surface area contributed by atoms with Gasteiger partial charge in [-0.3, -0.25) is 14.4 Å². The number of H-pyrrole nitrogens is 1. The molecule has 0 unspecified atom stereocenters. The lowest BCUT2D eigenvalue weighted by Crippen LogP contribution is -2.56. The summed E-state index contributed by atoms with van der Waals surface area (Å²) in [5, 5.41) is 3.24. The molecule has 49 heavy (non-hydrogen) atoms. The Hall–Kier alpha value is -5.09. The molecule has 0 radical (unpaired) electrons. The second-order valence-electron chi connectivity index (χ2n) is 12.7. The van der Waals surface area contributed by atoms with E-state index in [1.165, 1.54) is 20.3 Å². The lowest BCUT2D eigenvalue weighted by Gasteiger charge is -2.35. The predicted octanol–water partition coefficient (Wildman–Crippen LogP) is 7.33. The van der Waals surface area contributed by atoms with Crippen LogP contribution in [-0.2, 0) is 17.6 Å². The number of nitrogens with one attached hydrogen (secondary N) is 2. The lowest BCUT2D eigenvalue weighted by molar-refractivity contribution is -0.121. The van der Waals surface area contributed by atoms with Crippen LogP contribution >= 0.6 is 11.6 Å². The highest BCUT2D eigenvalue weighted by Gasteiger charge is 2.63. The number of aromatic nitrogens is 2. The molecule has 0 saturated heterocycles. The molecule has 3 heterocycles. The number of halogens is 1. The third kappa shape index (κ3) is 5.08. The highest BCUT2D eigenvalue weighted by Crippen LogP contribution is 2.54. The molecule has 1 amide bonds. The van der Waals surface area contributed by atoms with Crippen molar-refractivity contribution < 1.29 is 33.0 Å². The maximum atomic E-state index is 14.9. The van der Waals surface area contributed by atoms with Gasteiger partial charge >= 0.3 is 0 Å². The Labute approximate surface area is 288 Å². The Morgan fingerprint density at radius 3 is 2.45 bits per heavy atom. The Kier molecular flexibility index (Phi) is 8.22. The van der Waals surface area contributed by atoms with Crippen molar-refractivity contribution in [3.63, 3.8) is 0 Å². The van der Waals surface area contributed by atoms with E-state index < -0.39 is 29.1 Å². The van der Waals surface area contributed by atoms with Crippen LogP contribution in [0, 0.1) is 11.8 Å². The molecule has 1 spiro atoms. The number of carbonyl (C=O) groups excluding carboxylic acids is 3. The molecule has 2 N–H and O–H groups in total. The van der Waals surface area contributed by atoms with Gasteiger partial charge in [-0.25, -0.2) is 4.98 Å². The van der Waals surface area contributed by atoms with E-state index in [4.69, 9.17) is 35.2 Å². The summed E-state index contributed by atoms with van der Waals surface area (Å²) in [6, 6.07) is 18.1. The van der Waals surface area contributed by atoms with E-state index in [0.29, 0.717) is 28.5 Å². The smallest absolute Gasteiger partial charge is 0.237 e. The zero-order chi connectivity index (χ0) is 34.6.